The Kier molecular flexibility index (Phi) is 6.27. The predicted octanol–water partition coefficient (Wildman–Crippen LogP) is 3.21. The first-order valence-electron chi connectivity index (χ1n) is 9.56. The van der Waals surface area contributed by atoms with Gasteiger partial charge in [-0.05, 0) is 37.7 Å². The van der Waals surface area contributed by atoms with Crippen molar-refractivity contribution in [2.24, 2.45) is 5.92 Å². The molecule has 2 amide bonds. The number of piperidine rings is 1. The summed E-state index contributed by atoms with van der Waals surface area (Å²) in [5.74, 6) is 1.69. The minimum atomic E-state index is -0.141. The summed E-state index contributed by atoms with van der Waals surface area (Å²) in [7, 11) is 0. The van der Waals surface area contributed by atoms with Crippen molar-refractivity contribution < 1.29 is 14.1 Å². The van der Waals surface area contributed by atoms with Crippen LogP contribution in [0.25, 0.3) is 0 Å². The van der Waals surface area contributed by atoms with Gasteiger partial charge >= 0.3 is 0 Å². The SMILES string of the molecule is CC(=O)N(CCC(=O)N1CCC(Cc2ccccc2)CC1)c1cc(C)on1. The van der Waals surface area contributed by atoms with Gasteiger partial charge in [0.05, 0.1) is 0 Å². The number of anilines is 1. The molecule has 27 heavy (non-hydrogen) atoms. The molecule has 1 fully saturated rings. The van der Waals surface area contributed by atoms with E-state index in [1.165, 1.54) is 17.4 Å². The lowest BCUT2D eigenvalue weighted by Crippen LogP contribution is -2.41. The predicted molar refractivity (Wildman–Crippen MR) is 103 cm³/mol. The molecule has 0 atom stereocenters. The van der Waals surface area contributed by atoms with Gasteiger partial charge < -0.3 is 9.42 Å². The van der Waals surface area contributed by atoms with E-state index in [1.54, 1.807) is 13.0 Å². The van der Waals surface area contributed by atoms with Crippen molar-refractivity contribution in [3.8, 4) is 0 Å². The molecule has 0 bridgehead atoms. The quantitative estimate of drug-likeness (QED) is 0.784. The van der Waals surface area contributed by atoms with E-state index < -0.39 is 0 Å². The monoisotopic (exact) mass is 369 g/mol. The Labute approximate surface area is 160 Å². The van der Waals surface area contributed by atoms with Crippen LogP contribution in [-0.4, -0.2) is 41.5 Å². The van der Waals surface area contributed by atoms with E-state index in [-0.39, 0.29) is 11.8 Å². The second kappa shape index (κ2) is 8.84. The number of hydrogen-bond acceptors (Lipinski definition) is 4. The van der Waals surface area contributed by atoms with Crippen LogP contribution >= 0.6 is 0 Å². The van der Waals surface area contributed by atoms with Gasteiger partial charge in [0.15, 0.2) is 5.82 Å². The summed E-state index contributed by atoms with van der Waals surface area (Å²) in [6.45, 7) is 5.16. The highest BCUT2D eigenvalue weighted by Gasteiger charge is 2.24. The highest BCUT2D eigenvalue weighted by molar-refractivity contribution is 5.91. The Morgan fingerprint density at radius 1 is 1.22 bits per heavy atom. The fourth-order valence-electron chi connectivity index (χ4n) is 3.61. The first kappa shape index (κ1) is 19.1. The van der Waals surface area contributed by atoms with Crippen molar-refractivity contribution in [1.29, 1.82) is 0 Å². The molecular weight excluding hydrogens is 342 g/mol. The smallest absolute Gasteiger partial charge is 0.225 e. The summed E-state index contributed by atoms with van der Waals surface area (Å²) >= 11 is 0. The van der Waals surface area contributed by atoms with E-state index in [0.717, 1.165) is 32.4 Å². The molecule has 144 valence electrons. The van der Waals surface area contributed by atoms with Crippen LogP contribution in [0, 0.1) is 12.8 Å². The van der Waals surface area contributed by atoms with E-state index in [0.29, 0.717) is 30.5 Å². The number of carbonyl (C=O) groups excluding carboxylic acids is 2. The lowest BCUT2D eigenvalue weighted by atomic mass is 9.90. The average molecular weight is 369 g/mol. The lowest BCUT2D eigenvalue weighted by Gasteiger charge is -2.32. The summed E-state index contributed by atoms with van der Waals surface area (Å²) in [6.07, 6.45) is 3.43. The largest absolute Gasteiger partial charge is 0.360 e. The molecule has 1 aliphatic rings. The topological polar surface area (TPSA) is 66.7 Å². The molecule has 1 saturated heterocycles. The lowest BCUT2D eigenvalue weighted by molar-refractivity contribution is -0.132. The van der Waals surface area contributed by atoms with Crippen molar-refractivity contribution >= 4 is 17.6 Å². The molecule has 1 aliphatic heterocycles. The Morgan fingerprint density at radius 3 is 2.52 bits per heavy atom. The van der Waals surface area contributed by atoms with Crippen molar-refractivity contribution in [2.75, 3.05) is 24.5 Å². The molecule has 2 heterocycles. The van der Waals surface area contributed by atoms with Crippen molar-refractivity contribution in [1.82, 2.24) is 10.1 Å². The molecule has 0 saturated carbocycles. The summed E-state index contributed by atoms with van der Waals surface area (Å²) in [4.78, 5) is 27.9. The molecule has 1 aromatic carbocycles. The molecule has 0 spiro atoms. The molecule has 0 unspecified atom stereocenters. The maximum atomic E-state index is 12.6. The molecular formula is C21H27N3O3. The third-order valence-corrected chi connectivity index (χ3v) is 5.16. The number of aromatic nitrogens is 1. The van der Waals surface area contributed by atoms with Gasteiger partial charge in [0, 0.05) is 39.0 Å². The van der Waals surface area contributed by atoms with Crippen molar-refractivity contribution in [3.05, 3.63) is 47.7 Å². The van der Waals surface area contributed by atoms with E-state index in [1.807, 2.05) is 11.0 Å². The van der Waals surface area contributed by atoms with E-state index in [4.69, 9.17) is 4.52 Å². The fourth-order valence-corrected chi connectivity index (χ4v) is 3.61. The Balaban J connectivity index is 1.47. The van der Waals surface area contributed by atoms with E-state index in [9.17, 15) is 9.59 Å². The number of likely N-dealkylation sites (tertiary alicyclic amines) is 1. The van der Waals surface area contributed by atoms with Crippen molar-refractivity contribution in [2.45, 2.75) is 39.5 Å². The zero-order chi connectivity index (χ0) is 19.2. The first-order chi connectivity index (χ1) is 13.0. The van der Waals surface area contributed by atoms with Crippen molar-refractivity contribution in [3.63, 3.8) is 0 Å². The standard InChI is InChI=1S/C21H27N3O3/c1-16-14-20(22-27-16)24(17(2)25)13-10-21(26)23-11-8-19(9-12-23)15-18-6-4-3-5-7-18/h3-7,14,19H,8-13,15H2,1-2H3. The number of benzene rings is 1. The summed E-state index contributed by atoms with van der Waals surface area (Å²) in [5.41, 5.74) is 1.36. The van der Waals surface area contributed by atoms with E-state index in [2.05, 4.69) is 29.4 Å². The molecule has 6 heteroatoms. The van der Waals surface area contributed by atoms with Crippen LogP contribution in [0.4, 0.5) is 5.82 Å². The van der Waals surface area contributed by atoms with Gasteiger partial charge in [0.25, 0.3) is 0 Å². The third kappa shape index (κ3) is 5.18. The second-order valence-corrected chi connectivity index (χ2v) is 7.23. The number of amides is 2. The number of aryl methyl sites for hydroxylation is 1. The normalized spacial score (nSPS) is 15.0. The Bertz CT molecular complexity index is 764. The Morgan fingerprint density at radius 2 is 1.93 bits per heavy atom. The molecule has 2 aromatic rings. The van der Waals surface area contributed by atoms with Crippen LogP contribution in [0.15, 0.2) is 40.9 Å². The number of nitrogens with zero attached hydrogens (tertiary/aromatic N) is 3. The Hall–Kier alpha value is -2.63. The summed E-state index contributed by atoms with van der Waals surface area (Å²) < 4.78 is 5.04. The van der Waals surface area contributed by atoms with Gasteiger partial charge in [0.2, 0.25) is 11.8 Å². The van der Waals surface area contributed by atoms with E-state index >= 15 is 0 Å². The molecule has 1 aromatic heterocycles. The zero-order valence-electron chi connectivity index (χ0n) is 16.1. The van der Waals surface area contributed by atoms with Gasteiger partial charge in [-0.1, -0.05) is 35.5 Å². The highest BCUT2D eigenvalue weighted by atomic mass is 16.5. The molecule has 6 nitrogen and oxygen atoms in total. The number of hydrogen-bond donors (Lipinski definition) is 0. The third-order valence-electron chi connectivity index (χ3n) is 5.16. The van der Waals surface area contributed by atoms with Crippen LogP contribution in [0.5, 0.6) is 0 Å². The molecule has 0 radical (unpaired) electrons. The zero-order valence-corrected chi connectivity index (χ0v) is 16.1. The van der Waals surface area contributed by atoms with Gasteiger partial charge in [-0.2, -0.15) is 0 Å². The number of carbonyl (C=O) groups is 2. The van der Waals surface area contributed by atoms with Gasteiger partial charge in [-0.15, -0.1) is 0 Å². The van der Waals surface area contributed by atoms with Crippen LogP contribution in [0.3, 0.4) is 0 Å². The molecule has 0 aliphatic carbocycles. The van der Waals surface area contributed by atoms with Crippen LogP contribution in [0.2, 0.25) is 0 Å². The minimum Gasteiger partial charge on any atom is -0.360 e. The second-order valence-electron chi connectivity index (χ2n) is 7.23. The van der Waals surface area contributed by atoms with Gasteiger partial charge in [0.1, 0.15) is 5.76 Å². The fraction of sp³-hybridized carbons (Fsp3) is 0.476. The molecule has 0 N–H and O–H groups in total. The summed E-state index contributed by atoms with van der Waals surface area (Å²) in [6, 6.07) is 12.2. The first-order valence-corrected chi connectivity index (χ1v) is 9.56. The number of rotatable bonds is 6. The maximum absolute atomic E-state index is 12.6. The minimum absolute atomic E-state index is 0.0969. The van der Waals surface area contributed by atoms with Gasteiger partial charge in [-0.25, -0.2) is 0 Å². The van der Waals surface area contributed by atoms with Crippen LogP contribution in [0.1, 0.15) is 37.5 Å². The summed E-state index contributed by atoms with van der Waals surface area (Å²) in [5, 5.41) is 3.88. The van der Waals surface area contributed by atoms with Gasteiger partial charge in [-0.3, -0.25) is 14.5 Å². The van der Waals surface area contributed by atoms with Crippen LogP contribution < -0.4 is 4.90 Å². The highest BCUT2D eigenvalue weighted by Crippen LogP contribution is 2.22. The van der Waals surface area contributed by atoms with Crippen LogP contribution in [-0.2, 0) is 16.0 Å². The average Bonchev–Trinajstić information content (AvgIpc) is 3.09. The molecule has 3 rings (SSSR count). The maximum Gasteiger partial charge on any atom is 0.225 e.